The van der Waals surface area contributed by atoms with Gasteiger partial charge in [0, 0.05) is 18.3 Å². The van der Waals surface area contributed by atoms with Crippen LogP contribution in [0.15, 0.2) is 11.8 Å². The molecule has 144 valence electrons. The van der Waals surface area contributed by atoms with Crippen LogP contribution in [0, 0.1) is 23.2 Å². The summed E-state index contributed by atoms with van der Waals surface area (Å²) in [6.07, 6.45) is 3.02. The second kappa shape index (κ2) is 5.85. The van der Waals surface area contributed by atoms with Crippen LogP contribution in [0.2, 0.25) is 0 Å². The third-order valence-electron chi connectivity index (χ3n) is 5.81. The van der Waals surface area contributed by atoms with E-state index in [0.29, 0.717) is 32.5 Å². The smallest absolute Gasteiger partial charge is 0.380 e. The molecule has 5 nitrogen and oxygen atoms in total. The molecule has 1 saturated carbocycles. The van der Waals surface area contributed by atoms with Crippen LogP contribution >= 0.6 is 0 Å². The molecule has 25 heavy (non-hydrogen) atoms. The van der Waals surface area contributed by atoms with Crippen LogP contribution in [0.4, 0.5) is 13.2 Å². The van der Waals surface area contributed by atoms with Gasteiger partial charge in [-0.05, 0) is 30.3 Å². The van der Waals surface area contributed by atoms with Crippen molar-refractivity contribution < 1.29 is 35.2 Å². The fraction of sp³-hybridized carbons (Fsp3) is 0.875. The molecule has 0 radical (unpaired) electrons. The zero-order valence-electron chi connectivity index (χ0n) is 14.4. The maximum atomic E-state index is 12.8. The average molecular weight is 384 g/mol. The minimum atomic E-state index is -5.68. The molecule has 1 saturated heterocycles. The van der Waals surface area contributed by atoms with E-state index < -0.39 is 26.8 Å². The summed E-state index contributed by atoms with van der Waals surface area (Å²) in [7, 11) is -5.68. The molecule has 0 amide bonds. The first-order valence-corrected chi connectivity index (χ1v) is 9.82. The quantitative estimate of drug-likeness (QED) is 0.550. The van der Waals surface area contributed by atoms with Gasteiger partial charge < -0.3 is 13.7 Å². The Morgan fingerprint density at radius 1 is 1.24 bits per heavy atom. The van der Waals surface area contributed by atoms with Crippen molar-refractivity contribution in [1.82, 2.24) is 0 Å². The monoisotopic (exact) mass is 384 g/mol. The van der Waals surface area contributed by atoms with E-state index in [4.69, 9.17) is 9.47 Å². The average Bonchev–Trinajstić information content (AvgIpc) is 3.03. The molecule has 3 aliphatic rings. The Morgan fingerprint density at radius 3 is 2.36 bits per heavy atom. The van der Waals surface area contributed by atoms with E-state index in [1.165, 1.54) is 0 Å². The van der Waals surface area contributed by atoms with Crippen molar-refractivity contribution in [3.63, 3.8) is 0 Å². The Bertz CT molecular complexity index is 664. The molecule has 1 aliphatic heterocycles. The minimum absolute atomic E-state index is 0.0960. The van der Waals surface area contributed by atoms with Crippen molar-refractivity contribution in [3.8, 4) is 0 Å². The number of rotatable bonds is 3. The lowest BCUT2D eigenvalue weighted by Gasteiger charge is -2.47. The van der Waals surface area contributed by atoms with E-state index in [0.717, 1.165) is 0 Å². The van der Waals surface area contributed by atoms with Gasteiger partial charge in [0.2, 0.25) is 0 Å². The highest BCUT2D eigenvalue weighted by atomic mass is 32.2. The molecule has 0 aromatic heterocycles. The number of fused-ring (bicyclic) bond motifs is 1. The largest absolute Gasteiger partial charge is 0.534 e. The molecule has 1 heterocycles. The molecule has 2 fully saturated rings. The van der Waals surface area contributed by atoms with Crippen LogP contribution in [0.25, 0.3) is 0 Å². The minimum Gasteiger partial charge on any atom is -0.380 e. The molecule has 0 aromatic carbocycles. The van der Waals surface area contributed by atoms with Crippen LogP contribution in [-0.4, -0.2) is 32.9 Å². The highest BCUT2D eigenvalue weighted by molar-refractivity contribution is 7.87. The van der Waals surface area contributed by atoms with Gasteiger partial charge in [0.1, 0.15) is 5.76 Å². The van der Waals surface area contributed by atoms with Crippen LogP contribution in [0.1, 0.15) is 40.0 Å². The Balaban J connectivity index is 1.92. The van der Waals surface area contributed by atoms with Crippen LogP contribution in [0.3, 0.4) is 0 Å². The molecule has 9 heteroatoms. The van der Waals surface area contributed by atoms with E-state index >= 15 is 0 Å². The summed E-state index contributed by atoms with van der Waals surface area (Å²) in [4.78, 5) is 0. The van der Waals surface area contributed by atoms with Gasteiger partial charge in [0.15, 0.2) is 5.79 Å². The van der Waals surface area contributed by atoms with E-state index in [9.17, 15) is 21.6 Å². The first-order valence-electron chi connectivity index (χ1n) is 8.41. The number of halogens is 3. The highest BCUT2D eigenvalue weighted by Crippen LogP contribution is 2.60. The summed E-state index contributed by atoms with van der Waals surface area (Å²) in [5, 5.41) is 0. The molecule has 3 atom stereocenters. The van der Waals surface area contributed by atoms with E-state index in [2.05, 4.69) is 4.18 Å². The summed E-state index contributed by atoms with van der Waals surface area (Å²) >= 11 is 0. The number of hydrogen-bond acceptors (Lipinski definition) is 5. The van der Waals surface area contributed by atoms with Crippen molar-refractivity contribution in [2.75, 3.05) is 13.2 Å². The van der Waals surface area contributed by atoms with Gasteiger partial charge in [-0.2, -0.15) is 21.6 Å². The van der Waals surface area contributed by atoms with Crippen molar-refractivity contribution >= 4 is 10.1 Å². The first-order chi connectivity index (χ1) is 11.4. The lowest BCUT2D eigenvalue weighted by atomic mass is 9.63. The molecular weight excluding hydrogens is 361 g/mol. The van der Waals surface area contributed by atoms with Gasteiger partial charge in [-0.3, -0.25) is 0 Å². The standard InChI is InChI=1S/C16H23F3O5S/c1-10(2)11-8-13(24-25(20,21)16(17,18)19)14(3)4-5-15(9-12(11)14)22-6-7-23-15/h8,10-12H,4-7,9H2,1-3H3/t11-,12+,14-/m0/s1. The SMILES string of the molecule is CC(C)[C@@H]1C=C(OS(=O)(=O)C(F)(F)F)[C@@]2(C)CCC3(C[C@H]12)OCCO3. The Morgan fingerprint density at radius 2 is 1.84 bits per heavy atom. The van der Waals surface area contributed by atoms with E-state index in [1.807, 2.05) is 13.8 Å². The van der Waals surface area contributed by atoms with Crippen molar-refractivity contribution in [1.29, 1.82) is 0 Å². The van der Waals surface area contributed by atoms with Crippen LogP contribution in [0.5, 0.6) is 0 Å². The van der Waals surface area contributed by atoms with Crippen molar-refractivity contribution in [3.05, 3.63) is 11.8 Å². The normalized spacial score (nSPS) is 35.1. The van der Waals surface area contributed by atoms with Gasteiger partial charge in [0.05, 0.1) is 13.2 Å². The third-order valence-corrected chi connectivity index (χ3v) is 6.78. The summed E-state index contributed by atoms with van der Waals surface area (Å²) in [6, 6.07) is 0. The van der Waals surface area contributed by atoms with E-state index in [-0.39, 0.29) is 23.5 Å². The number of allylic oxidation sites excluding steroid dienone is 2. The molecule has 0 unspecified atom stereocenters. The number of ether oxygens (including phenoxy) is 2. The fourth-order valence-corrected chi connectivity index (χ4v) is 4.93. The predicted molar refractivity (Wildman–Crippen MR) is 82.6 cm³/mol. The zero-order chi connectivity index (χ0) is 18.7. The maximum absolute atomic E-state index is 12.8. The molecule has 0 bridgehead atoms. The topological polar surface area (TPSA) is 61.8 Å². The van der Waals surface area contributed by atoms with Crippen LogP contribution in [-0.2, 0) is 23.8 Å². The second-order valence-electron chi connectivity index (χ2n) is 7.67. The van der Waals surface area contributed by atoms with Crippen molar-refractivity contribution in [2.24, 2.45) is 23.2 Å². The van der Waals surface area contributed by atoms with E-state index in [1.54, 1.807) is 13.0 Å². The molecule has 1 spiro atoms. The summed E-state index contributed by atoms with van der Waals surface area (Å²) in [5.41, 5.74) is -6.23. The third kappa shape index (κ3) is 3.08. The molecule has 2 aliphatic carbocycles. The highest BCUT2D eigenvalue weighted by Gasteiger charge is 2.59. The summed E-state index contributed by atoms with van der Waals surface area (Å²) < 4.78 is 77.4. The van der Waals surface area contributed by atoms with Gasteiger partial charge in [-0.15, -0.1) is 0 Å². The van der Waals surface area contributed by atoms with Gasteiger partial charge >= 0.3 is 15.6 Å². The van der Waals surface area contributed by atoms with Gasteiger partial charge in [0.25, 0.3) is 0 Å². The number of hydrogen-bond donors (Lipinski definition) is 0. The zero-order valence-corrected chi connectivity index (χ0v) is 15.2. The second-order valence-corrected chi connectivity index (χ2v) is 9.21. The Labute approximate surface area is 145 Å². The molecule has 0 N–H and O–H groups in total. The molecular formula is C16H23F3O5S. The Kier molecular flexibility index (Phi) is 4.44. The first kappa shape index (κ1) is 19.0. The van der Waals surface area contributed by atoms with Gasteiger partial charge in [-0.1, -0.05) is 20.8 Å². The molecule has 0 aromatic rings. The predicted octanol–water partition coefficient (Wildman–Crippen LogP) is 3.57. The van der Waals surface area contributed by atoms with Crippen LogP contribution < -0.4 is 0 Å². The lowest BCUT2D eigenvalue weighted by Crippen LogP contribution is -2.46. The molecule has 3 rings (SSSR count). The fourth-order valence-electron chi connectivity index (χ4n) is 4.35. The summed E-state index contributed by atoms with van der Waals surface area (Å²) in [6.45, 7) is 6.68. The summed E-state index contributed by atoms with van der Waals surface area (Å²) in [5.74, 6) is -0.883. The van der Waals surface area contributed by atoms with Gasteiger partial charge in [-0.25, -0.2) is 0 Å². The van der Waals surface area contributed by atoms with Crippen molar-refractivity contribution in [2.45, 2.75) is 51.3 Å². The Hall–Kier alpha value is -0.800. The lowest BCUT2D eigenvalue weighted by molar-refractivity contribution is -0.206. The number of alkyl halides is 3. The maximum Gasteiger partial charge on any atom is 0.534 e.